The van der Waals surface area contributed by atoms with Crippen molar-refractivity contribution in [2.24, 2.45) is 11.5 Å². The van der Waals surface area contributed by atoms with Gasteiger partial charge >= 0.3 is 0 Å². The van der Waals surface area contributed by atoms with Crippen molar-refractivity contribution in [2.75, 3.05) is 14.1 Å². The van der Waals surface area contributed by atoms with Crippen molar-refractivity contribution in [3.8, 4) is 0 Å². The molecule has 3 aromatic rings. The molecule has 0 saturated carbocycles. The Morgan fingerprint density at radius 2 is 1.46 bits per heavy atom. The molecule has 0 bridgehead atoms. The number of hydrogen-bond donors (Lipinski definition) is 2. The molecule has 0 aromatic heterocycles. The Balaban J connectivity index is 1.91. The van der Waals surface area contributed by atoms with Gasteiger partial charge in [0.05, 0.1) is 0 Å². The Bertz CT molecular complexity index is 1350. The molecule has 3 amide bonds. The van der Waals surface area contributed by atoms with Gasteiger partial charge in [0.2, 0.25) is 17.7 Å². The maximum absolute atomic E-state index is 13.9. The number of fused-ring (bicyclic) bond motifs is 1. The van der Waals surface area contributed by atoms with E-state index in [0.717, 1.165) is 16.3 Å². The summed E-state index contributed by atoms with van der Waals surface area (Å²) in [6.07, 6.45) is 3.94. The zero-order chi connectivity index (χ0) is 28.7. The highest BCUT2D eigenvalue weighted by Crippen LogP contribution is 2.20. The fourth-order valence-electron chi connectivity index (χ4n) is 4.37. The molecule has 0 spiro atoms. The maximum Gasteiger partial charge on any atom is 0.246 e. The summed E-state index contributed by atoms with van der Waals surface area (Å²) >= 11 is 0. The monoisotopic (exact) mass is 532 g/mol. The summed E-state index contributed by atoms with van der Waals surface area (Å²) in [4.78, 5) is 42.1. The first-order chi connectivity index (χ1) is 18.4. The van der Waals surface area contributed by atoms with Crippen LogP contribution in [0.25, 0.3) is 10.8 Å². The Labute approximate surface area is 229 Å². The van der Waals surface area contributed by atoms with Gasteiger partial charge in [0.15, 0.2) is 0 Å². The van der Waals surface area contributed by atoms with E-state index in [9.17, 15) is 18.8 Å². The van der Waals surface area contributed by atoms with Crippen molar-refractivity contribution in [1.82, 2.24) is 9.80 Å². The van der Waals surface area contributed by atoms with Crippen LogP contribution in [0, 0.1) is 5.82 Å². The van der Waals surface area contributed by atoms with Crippen LogP contribution in [0.1, 0.15) is 31.4 Å². The quantitative estimate of drug-likeness (QED) is 0.368. The molecule has 0 heterocycles. The summed E-state index contributed by atoms with van der Waals surface area (Å²) < 4.78 is 13.4. The first-order valence-corrected chi connectivity index (χ1v) is 12.9. The lowest BCUT2D eigenvalue weighted by atomic mass is 9.98. The summed E-state index contributed by atoms with van der Waals surface area (Å²) in [5.74, 6) is -1.89. The minimum absolute atomic E-state index is 0.115. The average molecular weight is 533 g/mol. The van der Waals surface area contributed by atoms with Crippen molar-refractivity contribution in [1.29, 1.82) is 0 Å². The summed E-state index contributed by atoms with van der Waals surface area (Å²) in [6.45, 7) is 3.72. The number of hydrogen-bond acceptors (Lipinski definition) is 4. The first kappa shape index (κ1) is 29.5. The number of amides is 3. The van der Waals surface area contributed by atoms with Gasteiger partial charge in [-0.25, -0.2) is 4.39 Å². The van der Waals surface area contributed by atoms with E-state index in [4.69, 9.17) is 11.5 Å². The normalized spacial score (nSPS) is 13.3. The molecule has 0 aliphatic carbocycles. The van der Waals surface area contributed by atoms with Gasteiger partial charge in [0.1, 0.15) is 17.9 Å². The van der Waals surface area contributed by atoms with E-state index in [1.54, 1.807) is 25.3 Å². The SMILES string of the molecule is CN(C(=O)/C=C/CC(C)(C)N)[C@H](Cc1ccc2ccccc2c1)C(=O)N(C)[C@H](Cc1ccc(F)cc1)C(N)=O. The molecule has 3 aromatic carbocycles. The number of halogens is 1. The lowest BCUT2D eigenvalue weighted by Crippen LogP contribution is -2.55. The Hall–Kier alpha value is -4.04. The van der Waals surface area contributed by atoms with E-state index < -0.39 is 35.3 Å². The lowest BCUT2D eigenvalue weighted by Gasteiger charge is -2.33. The summed E-state index contributed by atoms with van der Waals surface area (Å²) in [5, 5.41) is 2.08. The molecule has 0 radical (unpaired) electrons. The van der Waals surface area contributed by atoms with E-state index in [2.05, 4.69) is 0 Å². The minimum atomic E-state index is -0.987. The fourth-order valence-corrected chi connectivity index (χ4v) is 4.37. The van der Waals surface area contributed by atoms with Crippen LogP contribution in [-0.4, -0.2) is 59.2 Å². The van der Waals surface area contributed by atoms with Crippen LogP contribution in [-0.2, 0) is 27.2 Å². The van der Waals surface area contributed by atoms with Crippen molar-refractivity contribution in [3.05, 3.63) is 95.8 Å². The van der Waals surface area contributed by atoms with Gasteiger partial charge in [-0.15, -0.1) is 0 Å². The van der Waals surface area contributed by atoms with E-state index in [1.807, 2.05) is 56.3 Å². The number of benzene rings is 3. The van der Waals surface area contributed by atoms with Gasteiger partial charge < -0.3 is 21.3 Å². The van der Waals surface area contributed by atoms with Crippen molar-refractivity contribution in [3.63, 3.8) is 0 Å². The average Bonchev–Trinajstić information content (AvgIpc) is 2.89. The molecule has 0 saturated heterocycles. The second kappa shape index (κ2) is 12.7. The van der Waals surface area contributed by atoms with E-state index >= 15 is 0 Å². The van der Waals surface area contributed by atoms with Crippen molar-refractivity contribution in [2.45, 2.75) is 50.7 Å². The van der Waals surface area contributed by atoms with E-state index in [0.29, 0.717) is 12.0 Å². The van der Waals surface area contributed by atoms with Gasteiger partial charge in [0, 0.05) is 32.5 Å². The van der Waals surface area contributed by atoms with Gasteiger partial charge in [-0.1, -0.05) is 60.7 Å². The zero-order valence-electron chi connectivity index (χ0n) is 22.9. The highest BCUT2D eigenvalue weighted by Gasteiger charge is 2.34. The minimum Gasteiger partial charge on any atom is -0.368 e. The van der Waals surface area contributed by atoms with Gasteiger partial charge in [-0.2, -0.15) is 0 Å². The summed E-state index contributed by atoms with van der Waals surface area (Å²) in [5.41, 5.74) is 12.8. The molecule has 0 aliphatic rings. The second-order valence-corrected chi connectivity index (χ2v) is 10.6. The molecule has 0 aliphatic heterocycles. The number of nitrogens with zero attached hydrogens (tertiary/aromatic N) is 2. The van der Waals surface area contributed by atoms with Crippen LogP contribution in [0.4, 0.5) is 4.39 Å². The molecule has 8 heteroatoms. The number of carbonyl (C=O) groups excluding carboxylic acids is 3. The molecule has 2 atom stereocenters. The predicted octanol–water partition coefficient (Wildman–Crippen LogP) is 3.59. The fraction of sp³-hybridized carbons (Fsp3) is 0.323. The molecular formula is C31H37FN4O3. The van der Waals surface area contributed by atoms with E-state index in [1.165, 1.54) is 35.1 Å². The third-order valence-corrected chi connectivity index (χ3v) is 6.73. The molecule has 39 heavy (non-hydrogen) atoms. The van der Waals surface area contributed by atoms with E-state index in [-0.39, 0.29) is 18.7 Å². The van der Waals surface area contributed by atoms with Crippen LogP contribution < -0.4 is 11.5 Å². The van der Waals surface area contributed by atoms with Crippen molar-refractivity contribution >= 4 is 28.5 Å². The number of carbonyl (C=O) groups is 3. The van der Waals surface area contributed by atoms with Gasteiger partial charge in [-0.05, 0) is 60.4 Å². The smallest absolute Gasteiger partial charge is 0.246 e. The maximum atomic E-state index is 13.9. The van der Waals surface area contributed by atoms with Crippen LogP contribution in [0.15, 0.2) is 78.9 Å². The second-order valence-electron chi connectivity index (χ2n) is 10.6. The molecule has 4 N–H and O–H groups in total. The summed E-state index contributed by atoms with van der Waals surface area (Å²) in [7, 11) is 3.07. The predicted molar refractivity (Wildman–Crippen MR) is 152 cm³/mol. The molecule has 0 unspecified atom stereocenters. The Morgan fingerprint density at radius 1 is 0.872 bits per heavy atom. The Morgan fingerprint density at radius 3 is 2.08 bits per heavy atom. The number of nitrogens with two attached hydrogens (primary N) is 2. The molecule has 206 valence electrons. The molecule has 3 rings (SSSR count). The largest absolute Gasteiger partial charge is 0.368 e. The van der Waals surface area contributed by atoms with Gasteiger partial charge in [-0.3, -0.25) is 14.4 Å². The lowest BCUT2D eigenvalue weighted by molar-refractivity contribution is -0.145. The Kier molecular flexibility index (Phi) is 9.59. The number of rotatable bonds is 11. The van der Waals surface area contributed by atoms with Crippen LogP contribution in [0.5, 0.6) is 0 Å². The first-order valence-electron chi connectivity index (χ1n) is 12.9. The number of likely N-dealkylation sites (N-methyl/N-ethyl adjacent to an activating group) is 2. The highest BCUT2D eigenvalue weighted by molar-refractivity contribution is 5.95. The topological polar surface area (TPSA) is 110 Å². The number of primary amides is 1. The molecular weight excluding hydrogens is 495 g/mol. The third kappa shape index (κ3) is 8.22. The summed E-state index contributed by atoms with van der Waals surface area (Å²) in [6, 6.07) is 17.6. The third-order valence-electron chi connectivity index (χ3n) is 6.73. The zero-order valence-corrected chi connectivity index (χ0v) is 22.9. The van der Waals surface area contributed by atoms with Crippen LogP contribution in [0.2, 0.25) is 0 Å². The van der Waals surface area contributed by atoms with Crippen LogP contribution in [0.3, 0.4) is 0 Å². The molecule has 0 fully saturated rings. The van der Waals surface area contributed by atoms with Crippen molar-refractivity contribution < 1.29 is 18.8 Å². The molecule has 7 nitrogen and oxygen atoms in total. The highest BCUT2D eigenvalue weighted by atomic mass is 19.1. The van der Waals surface area contributed by atoms with Gasteiger partial charge in [0.25, 0.3) is 0 Å². The standard InChI is InChI=1S/C31H37FN4O3/c1-31(2,34)17-7-10-28(37)35(3)27(20-22-11-14-23-8-5-6-9-24(23)18-22)30(39)36(4)26(29(33)38)19-21-12-15-25(32)16-13-21/h5-16,18,26-27H,17,19-20,34H2,1-4H3,(H2,33,38)/b10-7+/t26-,27-/m1/s1. The van der Waals surface area contributed by atoms with Crippen LogP contribution >= 0.6 is 0 Å².